The van der Waals surface area contributed by atoms with Crippen LogP contribution in [0.5, 0.6) is 0 Å². The topological polar surface area (TPSA) is 125 Å². The maximum atomic E-state index is 12.0. The number of hydrogen-bond donors (Lipinski definition) is 5. The van der Waals surface area contributed by atoms with E-state index in [4.69, 9.17) is 9.79 Å². The molecule has 1 aliphatic rings. The average Bonchev–Trinajstić information content (AvgIpc) is 3.19. The van der Waals surface area contributed by atoms with Gasteiger partial charge in [0.1, 0.15) is 13.2 Å². The second-order valence-corrected chi connectivity index (χ2v) is 10.4. The first-order valence-corrected chi connectivity index (χ1v) is 14.1. The Kier molecular flexibility index (Phi) is 15.5. The van der Waals surface area contributed by atoms with Crippen molar-refractivity contribution in [3.8, 4) is 0 Å². The van der Waals surface area contributed by atoms with Gasteiger partial charge in [-0.15, -0.1) is 0 Å². The normalized spacial score (nSPS) is 15.6. The molecule has 1 heterocycles. The second-order valence-electron chi connectivity index (χ2n) is 8.67. The first-order valence-electron chi connectivity index (χ1n) is 12.0. The van der Waals surface area contributed by atoms with Gasteiger partial charge in [-0.05, 0) is 31.4 Å². The highest BCUT2D eigenvalue weighted by Crippen LogP contribution is 2.35. The van der Waals surface area contributed by atoms with Crippen LogP contribution in [0, 0.1) is 0 Å². The molecule has 0 atom stereocenters. The average molecular weight is 497 g/mol. The summed E-state index contributed by atoms with van der Waals surface area (Å²) in [6.45, 7) is 4.77. The standard InChI is InChI=1S/C21H42N3O6PS/c25-20(11-4-2-8-19-32)22-12-5-1-3-10-21(26)23-13-9-16-24(14-6-7-15-24)17-18-30-31(27,28)29/h1-19H2,(H4-,22,23,25,26,27,28,29,32)/p+1. The molecule has 0 saturated carbocycles. The van der Waals surface area contributed by atoms with E-state index in [1.165, 1.54) is 0 Å². The molecule has 0 aromatic heterocycles. The van der Waals surface area contributed by atoms with Gasteiger partial charge in [0.25, 0.3) is 0 Å². The van der Waals surface area contributed by atoms with Gasteiger partial charge < -0.3 is 24.9 Å². The Morgan fingerprint density at radius 3 is 1.97 bits per heavy atom. The molecule has 1 aliphatic heterocycles. The minimum Gasteiger partial charge on any atom is -0.356 e. The highest BCUT2D eigenvalue weighted by molar-refractivity contribution is 7.80. The summed E-state index contributed by atoms with van der Waals surface area (Å²) in [6, 6.07) is 0. The first kappa shape index (κ1) is 29.4. The number of amides is 2. The van der Waals surface area contributed by atoms with Crippen molar-refractivity contribution in [2.24, 2.45) is 0 Å². The van der Waals surface area contributed by atoms with Crippen LogP contribution in [-0.4, -0.2) is 77.7 Å². The van der Waals surface area contributed by atoms with Crippen molar-refractivity contribution in [2.45, 2.75) is 70.6 Å². The van der Waals surface area contributed by atoms with Gasteiger partial charge >= 0.3 is 7.82 Å². The number of nitrogens with one attached hydrogen (secondary N) is 2. The molecule has 1 rings (SSSR count). The summed E-state index contributed by atoms with van der Waals surface area (Å²) < 4.78 is 16.3. The van der Waals surface area contributed by atoms with Crippen molar-refractivity contribution in [1.29, 1.82) is 0 Å². The number of phosphoric acid groups is 1. The summed E-state index contributed by atoms with van der Waals surface area (Å²) in [7, 11) is -4.42. The number of unbranched alkanes of at least 4 members (excludes halogenated alkanes) is 4. The molecule has 11 heteroatoms. The van der Waals surface area contributed by atoms with Crippen LogP contribution in [0.4, 0.5) is 0 Å². The minimum absolute atomic E-state index is 0.0488. The van der Waals surface area contributed by atoms with Gasteiger partial charge in [-0.25, -0.2) is 4.57 Å². The maximum Gasteiger partial charge on any atom is 0.469 e. The lowest BCUT2D eigenvalue weighted by Crippen LogP contribution is -2.48. The molecule has 0 unspecified atom stereocenters. The highest BCUT2D eigenvalue weighted by atomic mass is 32.1. The Morgan fingerprint density at radius 2 is 1.41 bits per heavy atom. The van der Waals surface area contributed by atoms with Crippen LogP contribution >= 0.6 is 20.5 Å². The third-order valence-corrected chi connectivity index (χ3v) is 6.77. The van der Waals surface area contributed by atoms with Crippen molar-refractivity contribution >= 4 is 32.3 Å². The van der Waals surface area contributed by atoms with E-state index in [0.717, 1.165) is 87.7 Å². The molecule has 2 amide bonds. The minimum atomic E-state index is -4.42. The maximum absolute atomic E-state index is 12.0. The summed E-state index contributed by atoms with van der Waals surface area (Å²) in [4.78, 5) is 41.4. The van der Waals surface area contributed by atoms with E-state index in [2.05, 4.69) is 27.8 Å². The Morgan fingerprint density at radius 1 is 0.844 bits per heavy atom. The number of phosphoric ester groups is 1. The molecule has 0 aliphatic carbocycles. The predicted molar refractivity (Wildman–Crippen MR) is 128 cm³/mol. The van der Waals surface area contributed by atoms with Gasteiger partial charge in [0.15, 0.2) is 0 Å². The predicted octanol–water partition coefficient (Wildman–Crippen LogP) is 2.38. The molecule has 1 saturated heterocycles. The second kappa shape index (κ2) is 16.9. The van der Waals surface area contributed by atoms with E-state index in [0.29, 0.717) is 32.5 Å². The molecule has 0 bridgehead atoms. The zero-order chi connectivity index (χ0) is 23.7. The zero-order valence-electron chi connectivity index (χ0n) is 19.3. The molecule has 9 nitrogen and oxygen atoms in total. The zero-order valence-corrected chi connectivity index (χ0v) is 21.1. The lowest BCUT2D eigenvalue weighted by molar-refractivity contribution is -0.916. The van der Waals surface area contributed by atoms with Gasteiger partial charge in [-0.3, -0.25) is 14.1 Å². The number of rotatable bonds is 19. The van der Waals surface area contributed by atoms with Crippen LogP contribution in [0.1, 0.15) is 70.6 Å². The molecule has 0 radical (unpaired) electrons. The van der Waals surface area contributed by atoms with Crippen LogP contribution in [0.25, 0.3) is 0 Å². The van der Waals surface area contributed by atoms with E-state index in [9.17, 15) is 14.2 Å². The van der Waals surface area contributed by atoms with E-state index >= 15 is 0 Å². The fourth-order valence-corrected chi connectivity index (χ4v) is 4.67. The van der Waals surface area contributed by atoms with E-state index < -0.39 is 7.82 Å². The molecule has 0 aromatic rings. The molecule has 32 heavy (non-hydrogen) atoms. The Labute approximate surface area is 198 Å². The number of likely N-dealkylation sites (tertiary alicyclic amines) is 1. The van der Waals surface area contributed by atoms with Crippen LogP contribution in [0.15, 0.2) is 0 Å². The van der Waals surface area contributed by atoms with E-state index in [1.807, 2.05) is 0 Å². The fraction of sp³-hybridized carbons (Fsp3) is 0.905. The number of nitrogens with zero attached hydrogens (tertiary/aromatic N) is 1. The smallest absolute Gasteiger partial charge is 0.356 e. The summed E-state index contributed by atoms with van der Waals surface area (Å²) in [5, 5.41) is 5.90. The van der Waals surface area contributed by atoms with Gasteiger partial charge in [-0.1, -0.05) is 12.8 Å². The van der Waals surface area contributed by atoms with Crippen molar-refractivity contribution in [3.63, 3.8) is 0 Å². The van der Waals surface area contributed by atoms with Crippen LogP contribution in [0.3, 0.4) is 0 Å². The third kappa shape index (κ3) is 15.2. The summed E-state index contributed by atoms with van der Waals surface area (Å²) in [5.74, 6) is 1.02. The number of carbonyl (C=O) groups excluding carboxylic acids is 2. The van der Waals surface area contributed by atoms with Crippen LogP contribution in [-0.2, 0) is 18.7 Å². The number of carbonyl (C=O) groups is 2. The summed E-state index contributed by atoms with van der Waals surface area (Å²) >= 11 is 4.16. The van der Waals surface area contributed by atoms with E-state index in [-0.39, 0.29) is 18.4 Å². The first-order chi connectivity index (χ1) is 15.3. The summed E-state index contributed by atoms with van der Waals surface area (Å²) in [6.07, 6.45) is 9.72. The SMILES string of the molecule is O=C(CCCCCS)NCCCCCC(=O)NCCC[N+]1(CCOP(=O)(O)O)CCCC1. The van der Waals surface area contributed by atoms with Crippen molar-refractivity contribution < 1.29 is 32.9 Å². The molecule has 1 fully saturated rings. The quantitative estimate of drug-likeness (QED) is 0.0809. The molecule has 0 aromatic carbocycles. The van der Waals surface area contributed by atoms with Gasteiger partial charge in [0.2, 0.25) is 11.8 Å². The largest absolute Gasteiger partial charge is 0.469 e. The lowest BCUT2D eigenvalue weighted by Gasteiger charge is -2.34. The van der Waals surface area contributed by atoms with Gasteiger partial charge in [0, 0.05) is 45.2 Å². The van der Waals surface area contributed by atoms with Crippen molar-refractivity contribution in [3.05, 3.63) is 0 Å². The van der Waals surface area contributed by atoms with Gasteiger partial charge in [0.05, 0.1) is 19.6 Å². The summed E-state index contributed by atoms with van der Waals surface area (Å²) in [5.41, 5.74) is 0. The molecular weight excluding hydrogens is 453 g/mol. The van der Waals surface area contributed by atoms with Crippen molar-refractivity contribution in [2.75, 3.05) is 51.6 Å². The monoisotopic (exact) mass is 496 g/mol. The molecule has 188 valence electrons. The molecule has 4 N–H and O–H groups in total. The van der Waals surface area contributed by atoms with Gasteiger partial charge in [-0.2, -0.15) is 12.6 Å². The van der Waals surface area contributed by atoms with Crippen LogP contribution in [0.2, 0.25) is 0 Å². The van der Waals surface area contributed by atoms with Crippen LogP contribution < -0.4 is 10.6 Å². The fourth-order valence-electron chi connectivity index (χ4n) is 4.13. The number of quaternary nitrogens is 1. The lowest BCUT2D eigenvalue weighted by atomic mass is 10.1. The Hall–Kier alpha value is -0.640. The molecular formula is C21H43N3O6PS+. The Bertz CT molecular complexity index is 584. The van der Waals surface area contributed by atoms with E-state index in [1.54, 1.807) is 0 Å². The van der Waals surface area contributed by atoms with Crippen molar-refractivity contribution in [1.82, 2.24) is 10.6 Å². The number of hydrogen-bond acceptors (Lipinski definition) is 5. The highest BCUT2D eigenvalue weighted by Gasteiger charge is 2.32. The Balaban J connectivity index is 2.03. The third-order valence-electron chi connectivity index (χ3n) is 5.94. The number of thiol groups is 1. The molecule has 0 spiro atoms.